The predicted octanol–water partition coefficient (Wildman–Crippen LogP) is 4.26. The van der Waals surface area contributed by atoms with Crippen molar-refractivity contribution in [2.75, 3.05) is 6.54 Å². The Hall–Kier alpha value is -4.09. The van der Waals surface area contributed by atoms with Crippen molar-refractivity contribution in [1.82, 2.24) is 20.6 Å². The molecule has 0 aliphatic heterocycles. The molecule has 0 aliphatic carbocycles. The molecular weight excluding hydrogens is 531 g/mol. The van der Waals surface area contributed by atoms with Crippen LogP contribution in [0.2, 0.25) is 5.02 Å². The maximum Gasteiger partial charge on any atom is 0.346 e. The van der Waals surface area contributed by atoms with Crippen LogP contribution in [0.4, 0.5) is 4.39 Å². The summed E-state index contributed by atoms with van der Waals surface area (Å²) in [6.45, 7) is 4.50. The molecule has 206 valence electrons. The second kappa shape index (κ2) is 13.1. The van der Waals surface area contributed by atoms with E-state index in [0.29, 0.717) is 21.7 Å². The molecule has 0 bridgehead atoms. The SMILES string of the molecule is CC(=O)c1cc(C(=O)NN(Cc2ccc(-c3cc(Cl)ccc3F)cc2)CC(OC(=O)CC(C)C)C(=O)O)[nH]n1. The summed E-state index contributed by atoms with van der Waals surface area (Å²) in [5, 5.41) is 17.6. The maximum atomic E-state index is 14.3. The predicted molar refractivity (Wildman–Crippen MR) is 140 cm³/mol. The van der Waals surface area contributed by atoms with E-state index in [1.54, 1.807) is 38.1 Å². The molecule has 1 atom stereocenters. The Labute approximate surface area is 229 Å². The van der Waals surface area contributed by atoms with Crippen molar-refractivity contribution < 1.29 is 33.4 Å². The summed E-state index contributed by atoms with van der Waals surface area (Å²) in [5.74, 6) is -3.60. The largest absolute Gasteiger partial charge is 0.478 e. The molecule has 3 N–H and O–H groups in total. The van der Waals surface area contributed by atoms with Crippen LogP contribution in [-0.2, 0) is 20.9 Å². The van der Waals surface area contributed by atoms with Crippen molar-refractivity contribution >= 4 is 35.2 Å². The van der Waals surface area contributed by atoms with Gasteiger partial charge in [0.2, 0.25) is 6.10 Å². The lowest BCUT2D eigenvalue weighted by Crippen LogP contribution is -2.48. The van der Waals surface area contributed by atoms with Gasteiger partial charge in [-0.3, -0.25) is 24.9 Å². The van der Waals surface area contributed by atoms with E-state index in [-0.39, 0.29) is 42.6 Å². The number of hydrogen-bond acceptors (Lipinski definition) is 7. The van der Waals surface area contributed by atoms with Gasteiger partial charge in [0.05, 0.1) is 6.54 Å². The molecule has 3 aromatic rings. The third kappa shape index (κ3) is 8.45. The van der Waals surface area contributed by atoms with Crippen LogP contribution in [0, 0.1) is 11.7 Å². The summed E-state index contributed by atoms with van der Waals surface area (Å²) >= 11 is 6.00. The molecule has 0 saturated carbocycles. The highest BCUT2D eigenvalue weighted by Crippen LogP contribution is 2.26. The molecule has 1 unspecified atom stereocenters. The van der Waals surface area contributed by atoms with Crippen molar-refractivity contribution in [3.63, 3.8) is 0 Å². The summed E-state index contributed by atoms with van der Waals surface area (Å²) in [4.78, 5) is 48.5. The molecule has 1 aromatic heterocycles. The van der Waals surface area contributed by atoms with Gasteiger partial charge < -0.3 is 9.84 Å². The number of carbonyl (C=O) groups excluding carboxylic acids is 3. The number of amides is 1. The minimum atomic E-state index is -1.58. The number of halogens is 2. The number of carbonyl (C=O) groups is 4. The monoisotopic (exact) mass is 558 g/mol. The number of hydrogen-bond donors (Lipinski definition) is 3. The Morgan fingerprint density at radius 2 is 1.82 bits per heavy atom. The number of ketones is 1. The van der Waals surface area contributed by atoms with Gasteiger partial charge in [0.15, 0.2) is 5.78 Å². The maximum absolute atomic E-state index is 14.3. The number of carboxylic acid groups (broad SMARTS) is 1. The standard InChI is InChI=1S/C27H28ClFN4O6/c1-15(2)10-25(35)39-24(27(37)38)14-33(32-26(36)23-12-22(16(3)34)30-31-23)13-17-4-6-18(7-5-17)20-11-19(28)8-9-21(20)29/h4-9,11-12,15,24H,10,13-14H2,1-3H3,(H,30,31)(H,32,36)(H,37,38). The summed E-state index contributed by atoms with van der Waals surface area (Å²) in [7, 11) is 0. The molecule has 0 saturated heterocycles. The van der Waals surface area contributed by atoms with E-state index in [9.17, 15) is 28.7 Å². The van der Waals surface area contributed by atoms with E-state index in [2.05, 4.69) is 15.6 Å². The molecule has 0 fully saturated rings. The summed E-state index contributed by atoms with van der Waals surface area (Å²) in [5.41, 5.74) is 4.11. The van der Waals surface area contributed by atoms with Crippen LogP contribution in [0.1, 0.15) is 53.7 Å². The number of Topliss-reactive ketones (excluding diaryl/α,β-unsaturated/α-hetero) is 1. The Morgan fingerprint density at radius 3 is 2.41 bits per heavy atom. The first-order chi connectivity index (χ1) is 18.4. The van der Waals surface area contributed by atoms with Gasteiger partial charge in [-0.25, -0.2) is 14.2 Å². The molecule has 2 aromatic carbocycles. The van der Waals surface area contributed by atoms with Crippen molar-refractivity contribution in [3.8, 4) is 11.1 Å². The zero-order valence-corrected chi connectivity index (χ0v) is 22.3. The topological polar surface area (TPSA) is 142 Å². The summed E-state index contributed by atoms with van der Waals surface area (Å²) in [6, 6.07) is 12.2. The number of benzene rings is 2. The van der Waals surface area contributed by atoms with Crippen LogP contribution in [0.25, 0.3) is 11.1 Å². The Kier molecular flexibility index (Phi) is 9.91. The van der Waals surface area contributed by atoms with Crippen molar-refractivity contribution in [3.05, 3.63) is 76.3 Å². The first-order valence-electron chi connectivity index (χ1n) is 12.0. The number of nitrogens with zero attached hydrogens (tertiary/aromatic N) is 2. The molecule has 1 heterocycles. The van der Waals surface area contributed by atoms with Gasteiger partial charge >= 0.3 is 11.9 Å². The molecule has 3 rings (SSSR count). The number of esters is 1. The summed E-state index contributed by atoms with van der Waals surface area (Å²) < 4.78 is 19.4. The lowest BCUT2D eigenvalue weighted by atomic mass is 10.0. The first kappa shape index (κ1) is 29.5. The highest BCUT2D eigenvalue weighted by molar-refractivity contribution is 6.30. The van der Waals surface area contributed by atoms with E-state index in [4.69, 9.17) is 16.3 Å². The number of H-pyrrole nitrogens is 1. The number of ether oxygens (including phenoxy) is 1. The van der Waals surface area contributed by atoms with Gasteiger partial charge in [0.25, 0.3) is 5.91 Å². The van der Waals surface area contributed by atoms with Crippen LogP contribution in [0.3, 0.4) is 0 Å². The molecular formula is C27H28ClFN4O6. The lowest BCUT2D eigenvalue weighted by molar-refractivity contribution is -0.166. The zero-order valence-electron chi connectivity index (χ0n) is 21.5. The van der Waals surface area contributed by atoms with Crippen molar-refractivity contribution in [2.45, 2.75) is 39.8 Å². The Balaban J connectivity index is 1.83. The second-order valence-corrected chi connectivity index (χ2v) is 9.72. The number of hydrazine groups is 1. The van der Waals surface area contributed by atoms with Crippen LogP contribution < -0.4 is 5.43 Å². The van der Waals surface area contributed by atoms with Crippen LogP contribution in [0.5, 0.6) is 0 Å². The Morgan fingerprint density at radius 1 is 1.13 bits per heavy atom. The van der Waals surface area contributed by atoms with Crippen molar-refractivity contribution in [1.29, 1.82) is 0 Å². The lowest BCUT2D eigenvalue weighted by Gasteiger charge is -2.26. The number of rotatable bonds is 12. The van der Waals surface area contributed by atoms with E-state index >= 15 is 0 Å². The van der Waals surface area contributed by atoms with Crippen LogP contribution >= 0.6 is 11.6 Å². The van der Waals surface area contributed by atoms with Gasteiger partial charge in [0, 0.05) is 30.5 Å². The Bertz CT molecular complexity index is 1360. The molecule has 0 spiro atoms. The average Bonchev–Trinajstić information content (AvgIpc) is 3.36. The highest BCUT2D eigenvalue weighted by atomic mass is 35.5. The fourth-order valence-corrected chi connectivity index (χ4v) is 3.78. The normalized spacial score (nSPS) is 11.9. The van der Waals surface area contributed by atoms with Gasteiger partial charge in [0.1, 0.15) is 17.2 Å². The number of aromatic nitrogens is 2. The van der Waals surface area contributed by atoms with Crippen LogP contribution in [-0.4, -0.2) is 56.6 Å². The van der Waals surface area contributed by atoms with Gasteiger partial charge in [-0.2, -0.15) is 5.10 Å². The smallest absolute Gasteiger partial charge is 0.346 e. The van der Waals surface area contributed by atoms with E-state index in [0.717, 1.165) is 0 Å². The number of carboxylic acids is 1. The fourth-order valence-electron chi connectivity index (χ4n) is 3.61. The molecule has 39 heavy (non-hydrogen) atoms. The second-order valence-electron chi connectivity index (χ2n) is 9.28. The quantitative estimate of drug-likeness (QED) is 0.170. The molecule has 1 amide bonds. The van der Waals surface area contributed by atoms with Gasteiger partial charge in [-0.05, 0) is 41.3 Å². The average molecular weight is 559 g/mol. The van der Waals surface area contributed by atoms with Crippen LogP contribution in [0.15, 0.2) is 48.5 Å². The zero-order chi connectivity index (χ0) is 28.7. The van der Waals surface area contributed by atoms with E-state index in [1.807, 2.05) is 0 Å². The van der Waals surface area contributed by atoms with Crippen molar-refractivity contribution in [2.24, 2.45) is 5.92 Å². The minimum Gasteiger partial charge on any atom is -0.478 e. The third-order valence-electron chi connectivity index (χ3n) is 5.52. The highest BCUT2D eigenvalue weighted by Gasteiger charge is 2.27. The fraction of sp³-hybridized carbons (Fsp3) is 0.296. The molecule has 12 heteroatoms. The third-order valence-corrected chi connectivity index (χ3v) is 5.76. The minimum absolute atomic E-state index is 0.00324. The molecule has 0 radical (unpaired) electrons. The number of nitrogens with one attached hydrogen (secondary N) is 2. The van der Waals surface area contributed by atoms with E-state index in [1.165, 1.54) is 36.2 Å². The number of aliphatic carboxylic acids is 1. The van der Waals surface area contributed by atoms with Gasteiger partial charge in [-0.15, -0.1) is 0 Å². The summed E-state index contributed by atoms with van der Waals surface area (Å²) in [6.07, 6.45) is -1.55. The molecule has 10 nitrogen and oxygen atoms in total. The van der Waals surface area contributed by atoms with Gasteiger partial charge in [-0.1, -0.05) is 49.7 Å². The van der Waals surface area contributed by atoms with E-state index < -0.39 is 29.8 Å². The molecule has 0 aliphatic rings. The number of aromatic amines is 1. The first-order valence-corrected chi connectivity index (χ1v) is 12.4.